The second-order valence-electron chi connectivity index (χ2n) is 6.48. The SMILES string of the molecule is C[C@@H](OC(=O)CCCc1nc2ccccc2c(=O)[nH]1)C(=O)Nc1ccccc1Cl. The summed E-state index contributed by atoms with van der Waals surface area (Å²) in [5.41, 5.74) is 0.852. The van der Waals surface area contributed by atoms with Gasteiger partial charge in [-0.2, -0.15) is 0 Å². The van der Waals surface area contributed by atoms with E-state index in [0.717, 1.165) is 0 Å². The molecule has 8 heteroatoms. The van der Waals surface area contributed by atoms with Crippen LogP contribution in [-0.2, 0) is 20.7 Å². The minimum absolute atomic E-state index is 0.0975. The van der Waals surface area contributed by atoms with Gasteiger partial charge in [0.2, 0.25) is 0 Å². The van der Waals surface area contributed by atoms with Crippen LogP contribution in [0.25, 0.3) is 10.9 Å². The molecule has 150 valence electrons. The average molecular weight is 414 g/mol. The van der Waals surface area contributed by atoms with Gasteiger partial charge in [0.05, 0.1) is 21.6 Å². The number of aromatic nitrogens is 2. The lowest BCUT2D eigenvalue weighted by atomic mass is 10.2. The summed E-state index contributed by atoms with van der Waals surface area (Å²) in [4.78, 5) is 43.3. The van der Waals surface area contributed by atoms with Gasteiger partial charge in [0.1, 0.15) is 5.82 Å². The predicted octanol–water partition coefficient (Wildman–Crippen LogP) is 3.47. The van der Waals surface area contributed by atoms with Gasteiger partial charge in [0, 0.05) is 12.8 Å². The molecule has 1 heterocycles. The summed E-state index contributed by atoms with van der Waals surface area (Å²) >= 11 is 6.00. The summed E-state index contributed by atoms with van der Waals surface area (Å²) in [5, 5.41) is 3.54. The summed E-state index contributed by atoms with van der Waals surface area (Å²) < 4.78 is 5.17. The number of aromatic amines is 1. The molecular weight excluding hydrogens is 394 g/mol. The van der Waals surface area contributed by atoms with E-state index in [2.05, 4.69) is 15.3 Å². The maximum absolute atomic E-state index is 12.2. The highest BCUT2D eigenvalue weighted by Gasteiger charge is 2.18. The lowest BCUT2D eigenvalue weighted by molar-refractivity contribution is -0.153. The molecule has 0 aliphatic rings. The Morgan fingerprint density at radius 1 is 1.17 bits per heavy atom. The maximum Gasteiger partial charge on any atom is 0.306 e. The van der Waals surface area contributed by atoms with Gasteiger partial charge in [-0.15, -0.1) is 0 Å². The maximum atomic E-state index is 12.2. The third-order valence-electron chi connectivity index (χ3n) is 4.27. The second-order valence-corrected chi connectivity index (χ2v) is 6.89. The van der Waals surface area contributed by atoms with E-state index in [4.69, 9.17) is 16.3 Å². The minimum Gasteiger partial charge on any atom is -0.453 e. The van der Waals surface area contributed by atoms with Crippen LogP contribution in [0.4, 0.5) is 5.69 Å². The monoisotopic (exact) mass is 413 g/mol. The molecule has 7 nitrogen and oxygen atoms in total. The number of anilines is 1. The van der Waals surface area contributed by atoms with Crippen molar-refractivity contribution in [2.75, 3.05) is 5.32 Å². The molecule has 0 aliphatic heterocycles. The molecule has 2 N–H and O–H groups in total. The lowest BCUT2D eigenvalue weighted by Gasteiger charge is -2.14. The number of benzene rings is 2. The molecule has 29 heavy (non-hydrogen) atoms. The molecule has 0 saturated carbocycles. The highest BCUT2D eigenvalue weighted by molar-refractivity contribution is 6.33. The lowest BCUT2D eigenvalue weighted by Crippen LogP contribution is -2.30. The van der Waals surface area contributed by atoms with Crippen molar-refractivity contribution < 1.29 is 14.3 Å². The molecule has 0 fully saturated rings. The zero-order chi connectivity index (χ0) is 20.8. The van der Waals surface area contributed by atoms with Crippen LogP contribution in [0.2, 0.25) is 5.02 Å². The van der Waals surface area contributed by atoms with Crippen molar-refractivity contribution in [2.45, 2.75) is 32.3 Å². The standard InChI is InChI=1S/C21H20ClN3O4/c1-13(20(27)24-17-10-5-3-8-15(17)22)29-19(26)12-6-11-18-23-16-9-4-2-7-14(16)21(28)25-18/h2-5,7-10,13H,6,11-12H2,1H3,(H,24,27)(H,23,25,28)/t13-/m1/s1. The van der Waals surface area contributed by atoms with E-state index in [1.54, 1.807) is 42.5 Å². The van der Waals surface area contributed by atoms with Gasteiger partial charge in [0.15, 0.2) is 6.10 Å². The van der Waals surface area contributed by atoms with Gasteiger partial charge in [-0.25, -0.2) is 4.98 Å². The fourth-order valence-corrected chi connectivity index (χ4v) is 2.94. The molecule has 1 atom stereocenters. The van der Waals surface area contributed by atoms with Crippen LogP contribution in [0.1, 0.15) is 25.6 Å². The van der Waals surface area contributed by atoms with Crippen molar-refractivity contribution in [3.63, 3.8) is 0 Å². The van der Waals surface area contributed by atoms with Crippen LogP contribution < -0.4 is 10.9 Å². The molecule has 1 aromatic heterocycles. The first-order valence-electron chi connectivity index (χ1n) is 9.17. The largest absolute Gasteiger partial charge is 0.453 e. The Kier molecular flexibility index (Phi) is 6.61. The topological polar surface area (TPSA) is 101 Å². The van der Waals surface area contributed by atoms with E-state index in [1.807, 2.05) is 6.07 Å². The normalized spacial score (nSPS) is 11.8. The van der Waals surface area contributed by atoms with Crippen molar-refractivity contribution in [2.24, 2.45) is 0 Å². The predicted molar refractivity (Wildman–Crippen MR) is 111 cm³/mol. The third-order valence-corrected chi connectivity index (χ3v) is 4.60. The number of halogens is 1. The van der Waals surface area contributed by atoms with Crippen LogP contribution >= 0.6 is 11.6 Å². The van der Waals surface area contributed by atoms with Crippen LogP contribution in [-0.4, -0.2) is 27.9 Å². The first kappa shape index (κ1) is 20.5. The summed E-state index contributed by atoms with van der Waals surface area (Å²) in [6.45, 7) is 1.49. The number of hydrogen-bond acceptors (Lipinski definition) is 5. The molecule has 3 rings (SSSR count). The Bertz CT molecular complexity index is 1100. The van der Waals surface area contributed by atoms with E-state index in [0.29, 0.717) is 40.3 Å². The number of carbonyl (C=O) groups is 2. The molecule has 0 radical (unpaired) electrons. The highest BCUT2D eigenvalue weighted by Crippen LogP contribution is 2.20. The first-order chi connectivity index (χ1) is 13.9. The number of ether oxygens (including phenoxy) is 1. The molecule has 3 aromatic rings. The van der Waals surface area contributed by atoms with E-state index >= 15 is 0 Å². The summed E-state index contributed by atoms with van der Waals surface area (Å²) in [6, 6.07) is 13.9. The van der Waals surface area contributed by atoms with Crippen molar-refractivity contribution in [3.8, 4) is 0 Å². The summed E-state index contributed by atoms with van der Waals surface area (Å²) in [7, 11) is 0. The average Bonchev–Trinajstić information content (AvgIpc) is 2.69. The Morgan fingerprint density at radius 3 is 2.69 bits per heavy atom. The quantitative estimate of drug-likeness (QED) is 0.577. The van der Waals surface area contributed by atoms with Gasteiger partial charge < -0.3 is 15.0 Å². The summed E-state index contributed by atoms with van der Waals surface area (Å²) in [6.07, 6.45) is -0.0217. The van der Waals surface area contributed by atoms with E-state index in [-0.39, 0.29) is 12.0 Å². The number of nitrogens with zero attached hydrogens (tertiary/aromatic N) is 1. The second kappa shape index (κ2) is 9.34. The first-order valence-corrected chi connectivity index (χ1v) is 9.54. The number of para-hydroxylation sites is 2. The van der Waals surface area contributed by atoms with E-state index < -0.39 is 18.0 Å². The Hall–Kier alpha value is -3.19. The van der Waals surface area contributed by atoms with Crippen LogP contribution in [0.15, 0.2) is 53.3 Å². The Morgan fingerprint density at radius 2 is 1.90 bits per heavy atom. The number of hydrogen-bond donors (Lipinski definition) is 2. The van der Waals surface area contributed by atoms with Gasteiger partial charge in [-0.05, 0) is 37.6 Å². The zero-order valence-corrected chi connectivity index (χ0v) is 16.5. The molecule has 0 spiro atoms. The molecule has 2 aromatic carbocycles. The third kappa shape index (κ3) is 5.42. The number of aryl methyl sites for hydroxylation is 1. The van der Waals surface area contributed by atoms with E-state index in [1.165, 1.54) is 6.92 Å². The van der Waals surface area contributed by atoms with Crippen LogP contribution in [0.5, 0.6) is 0 Å². The fourth-order valence-electron chi connectivity index (χ4n) is 2.76. The molecule has 0 aliphatic carbocycles. The number of esters is 1. The van der Waals surface area contributed by atoms with E-state index in [9.17, 15) is 14.4 Å². The number of rotatable bonds is 7. The van der Waals surface area contributed by atoms with Gasteiger partial charge >= 0.3 is 5.97 Å². The minimum atomic E-state index is -0.961. The van der Waals surface area contributed by atoms with Crippen molar-refractivity contribution in [1.29, 1.82) is 0 Å². The van der Waals surface area contributed by atoms with Crippen molar-refractivity contribution in [3.05, 3.63) is 69.7 Å². The van der Waals surface area contributed by atoms with Crippen LogP contribution in [0.3, 0.4) is 0 Å². The number of H-pyrrole nitrogens is 1. The smallest absolute Gasteiger partial charge is 0.306 e. The van der Waals surface area contributed by atoms with Gasteiger partial charge in [-0.1, -0.05) is 35.9 Å². The molecule has 0 bridgehead atoms. The summed E-state index contributed by atoms with van der Waals surface area (Å²) in [5.74, 6) is -0.465. The van der Waals surface area contributed by atoms with Crippen molar-refractivity contribution in [1.82, 2.24) is 9.97 Å². The number of nitrogens with one attached hydrogen (secondary N) is 2. The van der Waals surface area contributed by atoms with Gasteiger partial charge in [-0.3, -0.25) is 14.4 Å². The molecule has 0 saturated heterocycles. The number of carbonyl (C=O) groups excluding carboxylic acids is 2. The highest BCUT2D eigenvalue weighted by atomic mass is 35.5. The fraction of sp³-hybridized carbons (Fsp3) is 0.238. The molecular formula is C21H20ClN3O4. The molecule has 1 amide bonds. The zero-order valence-electron chi connectivity index (χ0n) is 15.8. The Labute approximate surface area is 172 Å². The van der Waals surface area contributed by atoms with Crippen molar-refractivity contribution >= 4 is 40.1 Å². The number of amides is 1. The Balaban J connectivity index is 1.49. The van der Waals surface area contributed by atoms with Crippen LogP contribution in [0, 0.1) is 0 Å². The van der Waals surface area contributed by atoms with Gasteiger partial charge in [0.25, 0.3) is 11.5 Å². The molecule has 0 unspecified atom stereocenters. The number of fused-ring (bicyclic) bond motifs is 1.